The van der Waals surface area contributed by atoms with Gasteiger partial charge in [0.25, 0.3) is 0 Å². The first-order valence-corrected chi connectivity index (χ1v) is 15.3. The number of rotatable bonds is 24. The average molecular weight is 630 g/mol. The standard InChI is InChI=1S/C34H47NO10/c1-27(2)33(36)44-25-24-43-23-22-42-21-20-41-19-18-40-17-16-39-15-14-38-13-12-35(3)34(37)45-26-32-30-10-6-4-8-28(30)29-9-5-7-11-31(29)32/h4-11,32H,1,12-26H2,2-3H3. The van der Waals surface area contributed by atoms with Crippen LogP contribution in [0.2, 0.25) is 0 Å². The van der Waals surface area contributed by atoms with Gasteiger partial charge in [-0.1, -0.05) is 55.1 Å². The number of likely N-dealkylation sites (N-methyl/N-ethyl adjacent to an activating group) is 1. The van der Waals surface area contributed by atoms with Gasteiger partial charge in [0.1, 0.15) is 13.2 Å². The van der Waals surface area contributed by atoms with E-state index in [4.69, 9.17) is 37.9 Å². The molecule has 0 saturated carbocycles. The molecule has 11 heteroatoms. The fourth-order valence-electron chi connectivity index (χ4n) is 4.52. The van der Waals surface area contributed by atoms with E-state index in [9.17, 15) is 9.59 Å². The number of nitrogens with zero attached hydrogens (tertiary/aromatic N) is 1. The molecule has 0 N–H and O–H groups in total. The number of carbonyl (C=O) groups is 2. The Balaban J connectivity index is 1.07. The number of hydrogen-bond acceptors (Lipinski definition) is 10. The summed E-state index contributed by atoms with van der Waals surface area (Å²) in [5.74, 6) is -0.379. The molecule has 2 aromatic rings. The lowest BCUT2D eigenvalue weighted by Gasteiger charge is -2.19. The lowest BCUT2D eigenvalue weighted by Crippen LogP contribution is -2.32. The lowest BCUT2D eigenvalue weighted by atomic mass is 9.98. The molecule has 0 spiro atoms. The van der Waals surface area contributed by atoms with Crippen LogP contribution in [-0.4, -0.2) is 123 Å². The third-order valence-electron chi connectivity index (χ3n) is 6.89. The molecule has 2 aromatic carbocycles. The molecule has 0 aliphatic heterocycles. The monoisotopic (exact) mass is 629 g/mol. The minimum atomic E-state index is -0.417. The quantitative estimate of drug-likeness (QED) is 0.0957. The number of benzene rings is 2. The second-order valence-corrected chi connectivity index (χ2v) is 10.3. The second kappa shape index (κ2) is 21.4. The first-order chi connectivity index (χ1) is 22.0. The third-order valence-corrected chi connectivity index (χ3v) is 6.89. The van der Waals surface area contributed by atoms with Crippen LogP contribution in [0.5, 0.6) is 0 Å². The van der Waals surface area contributed by atoms with Gasteiger partial charge >= 0.3 is 12.1 Å². The zero-order valence-corrected chi connectivity index (χ0v) is 26.5. The van der Waals surface area contributed by atoms with Crippen LogP contribution >= 0.6 is 0 Å². The van der Waals surface area contributed by atoms with Gasteiger partial charge in [-0.3, -0.25) is 0 Å². The Hall–Kier alpha value is -3.32. The minimum Gasteiger partial charge on any atom is -0.460 e. The van der Waals surface area contributed by atoms with Crippen LogP contribution in [-0.2, 0) is 42.7 Å². The Labute approximate surface area is 266 Å². The van der Waals surface area contributed by atoms with E-state index in [0.717, 1.165) is 0 Å². The Morgan fingerprint density at radius 3 is 1.47 bits per heavy atom. The first-order valence-electron chi connectivity index (χ1n) is 15.3. The summed E-state index contributed by atoms with van der Waals surface area (Å²) in [7, 11) is 1.71. The molecule has 0 fully saturated rings. The number of esters is 1. The predicted octanol–water partition coefficient (Wildman–Crippen LogP) is 4.09. The van der Waals surface area contributed by atoms with Gasteiger partial charge in [0.15, 0.2) is 0 Å². The molecule has 1 aliphatic rings. The van der Waals surface area contributed by atoms with E-state index in [0.29, 0.717) is 98.0 Å². The number of carbonyl (C=O) groups excluding carboxylic acids is 2. The molecule has 248 valence electrons. The van der Waals surface area contributed by atoms with Gasteiger partial charge in [-0.25, -0.2) is 9.59 Å². The summed E-state index contributed by atoms with van der Waals surface area (Å²) >= 11 is 0. The number of fused-ring (bicyclic) bond motifs is 3. The highest BCUT2D eigenvalue weighted by Crippen LogP contribution is 2.44. The van der Waals surface area contributed by atoms with Crippen LogP contribution in [0.15, 0.2) is 60.7 Å². The molecule has 1 amide bonds. The molecule has 45 heavy (non-hydrogen) atoms. The molecule has 3 rings (SSSR count). The van der Waals surface area contributed by atoms with E-state index in [1.54, 1.807) is 14.0 Å². The molecule has 11 nitrogen and oxygen atoms in total. The van der Waals surface area contributed by atoms with E-state index in [-0.39, 0.29) is 18.6 Å². The Bertz CT molecular complexity index is 1130. The van der Waals surface area contributed by atoms with E-state index >= 15 is 0 Å². The van der Waals surface area contributed by atoms with E-state index in [1.165, 1.54) is 27.2 Å². The maximum absolute atomic E-state index is 12.6. The topological polar surface area (TPSA) is 111 Å². The number of amides is 1. The van der Waals surface area contributed by atoms with Crippen molar-refractivity contribution in [3.8, 4) is 11.1 Å². The highest BCUT2D eigenvalue weighted by molar-refractivity contribution is 5.86. The van der Waals surface area contributed by atoms with Crippen LogP contribution in [0.1, 0.15) is 24.0 Å². The molecule has 0 saturated heterocycles. The molecular weight excluding hydrogens is 582 g/mol. The van der Waals surface area contributed by atoms with Crippen molar-refractivity contribution in [1.82, 2.24) is 4.90 Å². The van der Waals surface area contributed by atoms with Crippen molar-refractivity contribution < 1.29 is 47.5 Å². The SMILES string of the molecule is C=C(C)C(=O)OCCOCCOCCOCCOCCOCCOCCN(C)C(=O)OCC1c2ccccc2-c2ccccc21. The predicted molar refractivity (Wildman–Crippen MR) is 168 cm³/mol. The smallest absolute Gasteiger partial charge is 0.409 e. The van der Waals surface area contributed by atoms with Gasteiger partial charge in [-0.2, -0.15) is 0 Å². The Morgan fingerprint density at radius 2 is 1.02 bits per heavy atom. The second-order valence-electron chi connectivity index (χ2n) is 10.3. The molecule has 1 aliphatic carbocycles. The summed E-state index contributed by atoms with van der Waals surface area (Å²) in [6, 6.07) is 16.5. The van der Waals surface area contributed by atoms with Crippen molar-refractivity contribution in [3.63, 3.8) is 0 Å². The van der Waals surface area contributed by atoms with Gasteiger partial charge in [-0.15, -0.1) is 0 Å². The third kappa shape index (κ3) is 13.3. The van der Waals surface area contributed by atoms with Gasteiger partial charge in [0.2, 0.25) is 0 Å². The molecule has 0 unspecified atom stereocenters. The van der Waals surface area contributed by atoms with Crippen molar-refractivity contribution in [2.24, 2.45) is 0 Å². The van der Waals surface area contributed by atoms with E-state index < -0.39 is 5.97 Å². The Kier molecular flexibility index (Phi) is 17.2. The van der Waals surface area contributed by atoms with Crippen LogP contribution in [0.25, 0.3) is 11.1 Å². The summed E-state index contributed by atoms with van der Waals surface area (Å²) in [4.78, 5) is 25.3. The Morgan fingerprint density at radius 1 is 0.622 bits per heavy atom. The molecular formula is C34H47NO10. The summed E-state index contributed by atoms with van der Waals surface area (Å²) in [6.45, 7) is 11.2. The fraction of sp³-hybridized carbons (Fsp3) is 0.529. The molecule has 0 heterocycles. The van der Waals surface area contributed by atoms with Crippen LogP contribution in [0, 0.1) is 0 Å². The average Bonchev–Trinajstić information content (AvgIpc) is 3.37. The normalized spacial score (nSPS) is 12.0. The summed E-state index contributed by atoms with van der Waals surface area (Å²) in [5.41, 5.74) is 5.15. The zero-order valence-electron chi connectivity index (χ0n) is 26.5. The van der Waals surface area contributed by atoms with Crippen LogP contribution < -0.4 is 0 Å². The van der Waals surface area contributed by atoms with Crippen LogP contribution in [0.4, 0.5) is 4.79 Å². The maximum Gasteiger partial charge on any atom is 0.409 e. The maximum atomic E-state index is 12.6. The summed E-state index contributed by atoms with van der Waals surface area (Å²) < 4.78 is 43.3. The van der Waals surface area contributed by atoms with Crippen molar-refractivity contribution in [2.75, 3.05) is 106 Å². The number of hydrogen-bond donors (Lipinski definition) is 0. The highest BCUT2D eigenvalue weighted by atomic mass is 16.6. The molecule has 0 atom stereocenters. The lowest BCUT2D eigenvalue weighted by molar-refractivity contribution is -0.140. The summed E-state index contributed by atoms with van der Waals surface area (Å²) in [6.07, 6.45) is -0.368. The van der Waals surface area contributed by atoms with Gasteiger partial charge < -0.3 is 42.8 Å². The highest BCUT2D eigenvalue weighted by Gasteiger charge is 2.29. The largest absolute Gasteiger partial charge is 0.460 e. The van der Waals surface area contributed by atoms with Crippen molar-refractivity contribution >= 4 is 12.1 Å². The van der Waals surface area contributed by atoms with E-state index in [1.807, 2.05) is 24.3 Å². The first kappa shape index (κ1) is 36.2. The van der Waals surface area contributed by atoms with Crippen molar-refractivity contribution in [1.29, 1.82) is 0 Å². The van der Waals surface area contributed by atoms with Gasteiger partial charge in [-0.05, 0) is 29.2 Å². The van der Waals surface area contributed by atoms with Crippen molar-refractivity contribution in [3.05, 3.63) is 71.8 Å². The molecule has 0 bridgehead atoms. The van der Waals surface area contributed by atoms with E-state index in [2.05, 4.69) is 30.8 Å². The van der Waals surface area contributed by atoms with Gasteiger partial charge in [0.05, 0.1) is 79.3 Å². The zero-order chi connectivity index (χ0) is 32.1. The minimum absolute atomic E-state index is 0.0379. The van der Waals surface area contributed by atoms with Crippen molar-refractivity contribution in [2.45, 2.75) is 12.8 Å². The fourth-order valence-corrected chi connectivity index (χ4v) is 4.52. The van der Waals surface area contributed by atoms with Crippen LogP contribution in [0.3, 0.4) is 0 Å². The van der Waals surface area contributed by atoms with Gasteiger partial charge in [0, 0.05) is 25.1 Å². The molecule has 0 radical (unpaired) electrons. The molecule has 0 aromatic heterocycles. The number of ether oxygens (including phenoxy) is 8. The summed E-state index contributed by atoms with van der Waals surface area (Å²) in [5, 5.41) is 0.